The van der Waals surface area contributed by atoms with Crippen molar-refractivity contribution < 1.29 is 4.79 Å². The minimum absolute atomic E-state index is 0.0132. The molecular weight excluding hydrogens is 428 g/mol. The summed E-state index contributed by atoms with van der Waals surface area (Å²) in [7, 11) is 0. The minimum atomic E-state index is -0.429. The monoisotopic (exact) mass is 450 g/mol. The first-order valence-corrected chi connectivity index (χ1v) is 10.9. The van der Waals surface area contributed by atoms with Crippen LogP contribution in [0.15, 0.2) is 90.1 Å². The molecule has 168 valence electrons. The van der Waals surface area contributed by atoms with Crippen LogP contribution in [0.25, 0.3) is 16.7 Å². The fourth-order valence-corrected chi connectivity index (χ4v) is 3.94. The molecule has 34 heavy (non-hydrogen) atoms. The third-order valence-electron chi connectivity index (χ3n) is 5.71. The van der Waals surface area contributed by atoms with Gasteiger partial charge in [-0.05, 0) is 41.8 Å². The molecule has 0 bridgehead atoms. The highest BCUT2D eigenvalue weighted by Gasteiger charge is 2.17. The molecule has 0 fully saturated rings. The molecule has 0 aliphatic rings. The topological polar surface area (TPSA) is 105 Å². The van der Waals surface area contributed by atoms with E-state index in [0.29, 0.717) is 29.6 Å². The number of carbonyl (C=O) groups excluding carboxylic acids is 1. The van der Waals surface area contributed by atoms with Gasteiger partial charge in [0.1, 0.15) is 16.8 Å². The molecule has 0 aliphatic carbocycles. The van der Waals surface area contributed by atoms with E-state index in [1.54, 1.807) is 41.4 Å². The molecule has 0 atom stereocenters. The summed E-state index contributed by atoms with van der Waals surface area (Å²) in [6, 6.07) is 20.3. The summed E-state index contributed by atoms with van der Waals surface area (Å²) in [6.45, 7) is 0.668. The van der Waals surface area contributed by atoms with E-state index in [9.17, 15) is 9.59 Å². The van der Waals surface area contributed by atoms with E-state index in [4.69, 9.17) is 5.41 Å². The number of hydrogen-bond donors (Lipinski definition) is 2. The van der Waals surface area contributed by atoms with Crippen molar-refractivity contribution in [3.8, 4) is 0 Å². The Morgan fingerprint density at radius 3 is 2.59 bits per heavy atom. The molecule has 0 saturated heterocycles. The SMILES string of the molecule is N=c1c(C(=O)NCc2cccnc2)cc2c(=O)n3ccccc3nc2n1CCc1ccccc1. The van der Waals surface area contributed by atoms with Gasteiger partial charge in [-0.25, -0.2) is 4.98 Å². The highest BCUT2D eigenvalue weighted by Crippen LogP contribution is 2.12. The highest BCUT2D eigenvalue weighted by molar-refractivity contribution is 5.96. The van der Waals surface area contributed by atoms with Crippen molar-refractivity contribution in [1.82, 2.24) is 24.3 Å². The van der Waals surface area contributed by atoms with E-state index in [-0.39, 0.29) is 23.2 Å². The van der Waals surface area contributed by atoms with Crippen molar-refractivity contribution in [3.05, 3.63) is 118 Å². The maximum absolute atomic E-state index is 13.3. The normalized spacial score (nSPS) is 11.1. The molecule has 0 saturated carbocycles. The van der Waals surface area contributed by atoms with Crippen LogP contribution in [-0.2, 0) is 19.5 Å². The van der Waals surface area contributed by atoms with E-state index in [2.05, 4.69) is 15.3 Å². The standard InChI is InChI=1S/C26H22N6O2/c27-23-20(25(33)29-17-19-9-6-12-28-16-19)15-21-24(30-22-10-4-5-13-31(22)26(21)34)32(23)14-11-18-7-2-1-3-8-18/h1-10,12-13,15-16,27H,11,14,17H2,(H,29,33). The first kappa shape index (κ1) is 21.3. The molecule has 5 aromatic rings. The average Bonchev–Trinajstić information content (AvgIpc) is 2.88. The van der Waals surface area contributed by atoms with Crippen molar-refractivity contribution in [2.75, 3.05) is 0 Å². The number of pyridine rings is 3. The minimum Gasteiger partial charge on any atom is -0.348 e. The van der Waals surface area contributed by atoms with Gasteiger partial charge < -0.3 is 9.88 Å². The highest BCUT2D eigenvalue weighted by atomic mass is 16.1. The fraction of sp³-hybridized carbons (Fsp3) is 0.115. The van der Waals surface area contributed by atoms with Crippen molar-refractivity contribution >= 4 is 22.6 Å². The summed E-state index contributed by atoms with van der Waals surface area (Å²) >= 11 is 0. The molecule has 8 nitrogen and oxygen atoms in total. The lowest BCUT2D eigenvalue weighted by Gasteiger charge is -2.15. The van der Waals surface area contributed by atoms with Gasteiger partial charge in [-0.3, -0.25) is 24.4 Å². The Balaban J connectivity index is 1.62. The quantitative estimate of drug-likeness (QED) is 0.388. The zero-order chi connectivity index (χ0) is 23.5. The van der Waals surface area contributed by atoms with E-state index in [1.807, 2.05) is 42.5 Å². The summed E-state index contributed by atoms with van der Waals surface area (Å²) in [5.41, 5.74) is 2.66. The summed E-state index contributed by atoms with van der Waals surface area (Å²) in [5, 5.41) is 12.0. The van der Waals surface area contributed by atoms with Gasteiger partial charge in [0.05, 0.1) is 10.9 Å². The second-order valence-corrected chi connectivity index (χ2v) is 7.92. The summed E-state index contributed by atoms with van der Waals surface area (Å²) in [5.74, 6) is -0.429. The molecule has 4 aromatic heterocycles. The first-order chi connectivity index (χ1) is 16.6. The lowest BCUT2D eigenvalue weighted by atomic mass is 10.1. The van der Waals surface area contributed by atoms with Crippen molar-refractivity contribution in [2.24, 2.45) is 0 Å². The Hall–Kier alpha value is -4.59. The zero-order valence-electron chi connectivity index (χ0n) is 18.3. The molecule has 2 N–H and O–H groups in total. The predicted molar refractivity (Wildman–Crippen MR) is 128 cm³/mol. The third kappa shape index (κ3) is 4.09. The second-order valence-electron chi connectivity index (χ2n) is 7.92. The molecule has 4 heterocycles. The molecule has 0 aliphatic heterocycles. The lowest BCUT2D eigenvalue weighted by molar-refractivity contribution is 0.0948. The molecular formula is C26H22N6O2. The van der Waals surface area contributed by atoms with Gasteiger partial charge >= 0.3 is 0 Å². The Kier molecular flexibility index (Phi) is 5.70. The molecule has 1 amide bonds. The van der Waals surface area contributed by atoms with Gasteiger partial charge in [-0.15, -0.1) is 0 Å². The van der Waals surface area contributed by atoms with Gasteiger partial charge in [0.2, 0.25) is 0 Å². The fourth-order valence-electron chi connectivity index (χ4n) is 3.94. The molecule has 0 radical (unpaired) electrons. The van der Waals surface area contributed by atoms with Crippen molar-refractivity contribution in [2.45, 2.75) is 19.5 Å². The van der Waals surface area contributed by atoms with Crippen LogP contribution in [0.5, 0.6) is 0 Å². The number of carbonyl (C=O) groups is 1. The van der Waals surface area contributed by atoms with Crippen molar-refractivity contribution in [1.29, 1.82) is 5.41 Å². The maximum Gasteiger partial charge on any atom is 0.267 e. The van der Waals surface area contributed by atoms with Gasteiger partial charge in [-0.1, -0.05) is 42.5 Å². The number of aromatic nitrogens is 4. The number of rotatable bonds is 6. The lowest BCUT2D eigenvalue weighted by Crippen LogP contribution is -2.35. The van der Waals surface area contributed by atoms with Crippen LogP contribution in [0.4, 0.5) is 0 Å². The second kappa shape index (κ2) is 9.11. The summed E-state index contributed by atoms with van der Waals surface area (Å²) < 4.78 is 3.10. The van der Waals surface area contributed by atoms with Crippen LogP contribution in [0, 0.1) is 5.41 Å². The number of benzene rings is 1. The van der Waals surface area contributed by atoms with Crippen LogP contribution in [-0.4, -0.2) is 24.8 Å². The van der Waals surface area contributed by atoms with E-state index >= 15 is 0 Å². The van der Waals surface area contributed by atoms with Crippen LogP contribution in [0.1, 0.15) is 21.5 Å². The van der Waals surface area contributed by atoms with Gasteiger partial charge in [-0.2, -0.15) is 0 Å². The average molecular weight is 451 g/mol. The molecule has 0 spiro atoms. The number of amides is 1. The van der Waals surface area contributed by atoms with Gasteiger partial charge in [0, 0.05) is 31.7 Å². The van der Waals surface area contributed by atoms with E-state index < -0.39 is 5.91 Å². The Morgan fingerprint density at radius 2 is 1.79 bits per heavy atom. The number of fused-ring (bicyclic) bond motifs is 2. The Morgan fingerprint density at radius 1 is 1.00 bits per heavy atom. The number of hydrogen-bond acceptors (Lipinski definition) is 5. The number of aryl methyl sites for hydroxylation is 2. The summed E-state index contributed by atoms with van der Waals surface area (Å²) in [6.07, 6.45) is 5.61. The maximum atomic E-state index is 13.3. The molecule has 0 unspecified atom stereocenters. The molecule has 5 rings (SSSR count). The van der Waals surface area contributed by atoms with Gasteiger partial charge in [0.15, 0.2) is 0 Å². The summed E-state index contributed by atoms with van der Waals surface area (Å²) in [4.78, 5) is 35.1. The van der Waals surface area contributed by atoms with Crippen LogP contribution < -0.4 is 16.4 Å². The third-order valence-corrected chi connectivity index (χ3v) is 5.71. The Bertz CT molecular complexity index is 1610. The predicted octanol–water partition coefficient (Wildman–Crippen LogP) is 2.70. The molecule has 8 heteroatoms. The zero-order valence-corrected chi connectivity index (χ0v) is 18.3. The smallest absolute Gasteiger partial charge is 0.267 e. The number of nitrogens with one attached hydrogen (secondary N) is 2. The van der Waals surface area contributed by atoms with E-state index in [0.717, 1.165) is 11.1 Å². The van der Waals surface area contributed by atoms with Crippen molar-refractivity contribution in [3.63, 3.8) is 0 Å². The first-order valence-electron chi connectivity index (χ1n) is 10.9. The van der Waals surface area contributed by atoms with E-state index in [1.165, 1.54) is 10.5 Å². The number of nitrogens with zero attached hydrogens (tertiary/aromatic N) is 4. The van der Waals surface area contributed by atoms with Gasteiger partial charge in [0.25, 0.3) is 11.5 Å². The molecule has 1 aromatic carbocycles. The van der Waals surface area contributed by atoms with Crippen LogP contribution >= 0.6 is 0 Å². The van der Waals surface area contributed by atoms with Crippen LogP contribution in [0.2, 0.25) is 0 Å². The van der Waals surface area contributed by atoms with Crippen LogP contribution in [0.3, 0.4) is 0 Å². The largest absolute Gasteiger partial charge is 0.348 e. The Labute approximate surface area is 194 Å².